The van der Waals surface area contributed by atoms with Crippen molar-refractivity contribution in [2.24, 2.45) is 5.92 Å². The summed E-state index contributed by atoms with van der Waals surface area (Å²) in [6.45, 7) is 2.10. The molecule has 1 aliphatic heterocycles. The number of anilines is 1. The van der Waals surface area contributed by atoms with Crippen LogP contribution in [0.2, 0.25) is 0 Å². The predicted molar refractivity (Wildman–Crippen MR) is 117 cm³/mol. The first kappa shape index (κ1) is 23.3. The van der Waals surface area contributed by atoms with Crippen molar-refractivity contribution in [3.63, 3.8) is 0 Å². The van der Waals surface area contributed by atoms with Crippen molar-refractivity contribution >= 4 is 29.0 Å². The molecule has 10 heteroatoms. The number of ether oxygens (including phenoxy) is 2. The molecule has 1 aromatic carbocycles. The summed E-state index contributed by atoms with van der Waals surface area (Å²) in [4.78, 5) is 28.6. The van der Waals surface area contributed by atoms with Crippen LogP contribution < -0.4 is 9.46 Å². The molecule has 2 aliphatic rings. The zero-order chi connectivity index (χ0) is 22.2. The number of nitrogens with zero attached hydrogens (tertiary/aromatic N) is 2. The van der Waals surface area contributed by atoms with Gasteiger partial charge in [0, 0.05) is 32.2 Å². The third-order valence-electron chi connectivity index (χ3n) is 5.94. The highest BCUT2D eigenvalue weighted by Crippen LogP contribution is 2.27. The quantitative estimate of drug-likeness (QED) is 0.614. The lowest BCUT2D eigenvalue weighted by Crippen LogP contribution is -2.50. The van der Waals surface area contributed by atoms with Crippen LogP contribution in [0.1, 0.15) is 48.9 Å². The van der Waals surface area contributed by atoms with Crippen LogP contribution in [-0.4, -0.2) is 70.5 Å². The van der Waals surface area contributed by atoms with E-state index in [1.165, 1.54) is 45.3 Å². The Morgan fingerprint density at radius 2 is 1.81 bits per heavy atom. The molecule has 1 unspecified atom stereocenters. The smallest absolute Gasteiger partial charge is 0.409 e. The zero-order valence-corrected chi connectivity index (χ0v) is 18.7. The van der Waals surface area contributed by atoms with Gasteiger partial charge in [0.1, 0.15) is 5.75 Å². The number of carbonyl (C=O) groups excluding carboxylic acids is 2. The first-order chi connectivity index (χ1) is 15.0. The summed E-state index contributed by atoms with van der Waals surface area (Å²) in [5.74, 6) is 0.772. The Balaban J connectivity index is 1.47. The number of hydrogen-bond donors (Lipinski definition) is 2. The summed E-state index contributed by atoms with van der Waals surface area (Å²) in [6, 6.07) is 4.60. The first-order valence-electron chi connectivity index (χ1n) is 10.7. The van der Waals surface area contributed by atoms with Gasteiger partial charge in [0.15, 0.2) is 0 Å². The molecule has 172 valence electrons. The molecule has 1 aliphatic carbocycles. The number of benzene rings is 1. The van der Waals surface area contributed by atoms with Crippen molar-refractivity contribution in [2.45, 2.75) is 38.5 Å². The van der Waals surface area contributed by atoms with E-state index in [0.717, 1.165) is 6.42 Å². The minimum atomic E-state index is -2.21. The predicted octanol–water partition coefficient (Wildman–Crippen LogP) is 3.11. The molecular formula is C21H31N3O6S. The lowest BCUT2D eigenvalue weighted by atomic mass is 9.87. The van der Waals surface area contributed by atoms with Crippen LogP contribution in [0.25, 0.3) is 0 Å². The van der Waals surface area contributed by atoms with Crippen LogP contribution in [0, 0.1) is 5.92 Å². The molecular weight excluding hydrogens is 422 g/mol. The number of rotatable bonds is 7. The van der Waals surface area contributed by atoms with Gasteiger partial charge in [-0.1, -0.05) is 32.1 Å². The Kier molecular flexibility index (Phi) is 8.53. The molecule has 1 aromatic rings. The van der Waals surface area contributed by atoms with E-state index in [-0.39, 0.29) is 12.0 Å². The average molecular weight is 454 g/mol. The maximum atomic E-state index is 12.9. The molecule has 0 radical (unpaired) electrons. The number of carbonyl (C=O) groups is 2. The average Bonchev–Trinajstić information content (AvgIpc) is 2.79. The molecule has 2 fully saturated rings. The summed E-state index contributed by atoms with van der Waals surface area (Å²) < 4.78 is 32.9. The van der Waals surface area contributed by atoms with Crippen molar-refractivity contribution in [2.75, 3.05) is 44.6 Å². The van der Waals surface area contributed by atoms with Crippen LogP contribution in [-0.2, 0) is 16.0 Å². The van der Waals surface area contributed by atoms with Gasteiger partial charge in [0.05, 0.1) is 25.0 Å². The van der Waals surface area contributed by atoms with Crippen LogP contribution in [0.4, 0.5) is 10.5 Å². The SMILES string of the molecule is COc1cc(NS(=O)O)ccc1C(=O)N1CCN(C(=O)OCCC2CCCCC2)CC1. The van der Waals surface area contributed by atoms with Gasteiger partial charge in [0.2, 0.25) is 0 Å². The Labute approximate surface area is 185 Å². The number of nitrogens with one attached hydrogen (secondary N) is 1. The highest BCUT2D eigenvalue weighted by molar-refractivity contribution is 7.80. The van der Waals surface area contributed by atoms with Gasteiger partial charge >= 0.3 is 6.09 Å². The van der Waals surface area contributed by atoms with Crippen molar-refractivity contribution in [1.82, 2.24) is 9.80 Å². The van der Waals surface area contributed by atoms with Gasteiger partial charge in [0.25, 0.3) is 17.2 Å². The van der Waals surface area contributed by atoms with Crippen molar-refractivity contribution < 1.29 is 27.8 Å². The van der Waals surface area contributed by atoms with Gasteiger partial charge in [-0.05, 0) is 24.5 Å². The van der Waals surface area contributed by atoms with E-state index in [1.54, 1.807) is 21.9 Å². The molecule has 31 heavy (non-hydrogen) atoms. The molecule has 3 rings (SSSR count). The molecule has 0 bridgehead atoms. The minimum absolute atomic E-state index is 0.209. The minimum Gasteiger partial charge on any atom is -0.496 e. The molecule has 2 N–H and O–H groups in total. The Morgan fingerprint density at radius 1 is 1.13 bits per heavy atom. The van der Waals surface area contributed by atoms with Gasteiger partial charge in [-0.15, -0.1) is 0 Å². The van der Waals surface area contributed by atoms with Gasteiger partial charge in [-0.3, -0.25) is 14.1 Å². The molecule has 1 saturated carbocycles. The Morgan fingerprint density at radius 3 is 2.45 bits per heavy atom. The number of piperazine rings is 1. The summed E-state index contributed by atoms with van der Waals surface area (Å²) in [5, 5.41) is 0. The second-order valence-electron chi connectivity index (χ2n) is 7.95. The molecule has 2 amide bonds. The van der Waals surface area contributed by atoms with E-state index >= 15 is 0 Å². The largest absolute Gasteiger partial charge is 0.496 e. The van der Waals surface area contributed by atoms with E-state index in [0.29, 0.717) is 55.7 Å². The lowest BCUT2D eigenvalue weighted by Gasteiger charge is -2.34. The zero-order valence-electron chi connectivity index (χ0n) is 17.9. The van der Waals surface area contributed by atoms with Gasteiger partial charge < -0.3 is 19.3 Å². The molecule has 0 aromatic heterocycles. The highest BCUT2D eigenvalue weighted by atomic mass is 32.2. The summed E-state index contributed by atoms with van der Waals surface area (Å²) in [6.07, 6.45) is 6.95. The van der Waals surface area contributed by atoms with E-state index in [9.17, 15) is 13.8 Å². The standard InChI is InChI=1S/C21H31N3O6S/c1-29-19-15-17(22-31(27)28)7-8-18(19)20(25)23-10-12-24(13-11-23)21(26)30-14-9-16-5-3-2-4-6-16/h7-8,15-16,22H,2-6,9-14H2,1H3,(H,27,28). The maximum Gasteiger partial charge on any atom is 0.409 e. The highest BCUT2D eigenvalue weighted by Gasteiger charge is 2.27. The van der Waals surface area contributed by atoms with Crippen LogP contribution in [0.5, 0.6) is 5.75 Å². The third-order valence-corrected chi connectivity index (χ3v) is 6.35. The molecule has 1 atom stereocenters. The van der Waals surface area contributed by atoms with E-state index in [1.807, 2.05) is 0 Å². The second-order valence-corrected chi connectivity index (χ2v) is 8.66. The fraction of sp³-hybridized carbons (Fsp3) is 0.619. The number of methoxy groups -OCH3 is 1. The third kappa shape index (κ3) is 6.57. The van der Waals surface area contributed by atoms with E-state index in [2.05, 4.69) is 4.72 Å². The lowest BCUT2D eigenvalue weighted by molar-refractivity contribution is 0.0541. The van der Waals surface area contributed by atoms with Crippen molar-refractivity contribution in [3.05, 3.63) is 23.8 Å². The summed E-state index contributed by atoms with van der Waals surface area (Å²) >= 11 is -2.21. The molecule has 1 saturated heterocycles. The van der Waals surface area contributed by atoms with Crippen LogP contribution >= 0.6 is 0 Å². The second kappa shape index (κ2) is 11.3. The van der Waals surface area contributed by atoms with Gasteiger partial charge in [-0.25, -0.2) is 9.00 Å². The summed E-state index contributed by atoms with van der Waals surface area (Å²) in [5.41, 5.74) is 0.732. The topological polar surface area (TPSA) is 108 Å². The molecule has 1 heterocycles. The number of amides is 2. The molecule has 9 nitrogen and oxygen atoms in total. The normalized spacial score (nSPS) is 18.4. The number of hydrogen-bond acceptors (Lipinski definition) is 5. The van der Waals surface area contributed by atoms with Gasteiger partial charge in [-0.2, -0.15) is 0 Å². The Hall–Kier alpha value is -2.33. The molecule has 0 spiro atoms. The monoisotopic (exact) mass is 453 g/mol. The van der Waals surface area contributed by atoms with Crippen LogP contribution in [0.3, 0.4) is 0 Å². The van der Waals surface area contributed by atoms with Crippen molar-refractivity contribution in [1.29, 1.82) is 0 Å². The van der Waals surface area contributed by atoms with Crippen LogP contribution in [0.15, 0.2) is 18.2 Å². The van der Waals surface area contributed by atoms with E-state index in [4.69, 9.17) is 14.0 Å². The van der Waals surface area contributed by atoms with E-state index < -0.39 is 11.3 Å². The first-order valence-corrected chi connectivity index (χ1v) is 11.8. The summed E-state index contributed by atoms with van der Waals surface area (Å²) in [7, 11) is 1.44. The maximum absolute atomic E-state index is 12.9. The van der Waals surface area contributed by atoms with Crippen molar-refractivity contribution in [3.8, 4) is 5.75 Å². The fourth-order valence-corrected chi connectivity index (χ4v) is 4.50. The fourth-order valence-electron chi connectivity index (χ4n) is 4.17. The Bertz CT molecular complexity index is 791.